The van der Waals surface area contributed by atoms with E-state index < -0.39 is 10.0 Å². The summed E-state index contributed by atoms with van der Waals surface area (Å²) in [6.45, 7) is 4.58. The molecule has 0 aliphatic rings. The Labute approximate surface area is 137 Å². The van der Waals surface area contributed by atoms with Gasteiger partial charge in [0.25, 0.3) is 0 Å². The van der Waals surface area contributed by atoms with E-state index in [1.165, 1.54) is 0 Å². The molecule has 2 aromatic rings. The highest BCUT2D eigenvalue weighted by molar-refractivity contribution is 7.99. The molecular weight excluding hydrogens is 314 g/mol. The largest absolute Gasteiger partial charge is 0.240 e. The van der Waals surface area contributed by atoms with Crippen LogP contribution in [0.15, 0.2) is 64.4 Å². The molecule has 0 saturated carbocycles. The van der Waals surface area contributed by atoms with Crippen LogP contribution in [0.5, 0.6) is 0 Å². The predicted octanol–water partition coefficient (Wildman–Crippen LogP) is 3.88. The van der Waals surface area contributed by atoms with Crippen LogP contribution in [0.4, 0.5) is 0 Å². The van der Waals surface area contributed by atoms with Crippen molar-refractivity contribution in [2.45, 2.75) is 29.6 Å². The summed E-state index contributed by atoms with van der Waals surface area (Å²) in [5.41, 5.74) is 1.14. The average Bonchev–Trinajstić information content (AvgIpc) is 2.53. The first kappa shape index (κ1) is 17.1. The van der Waals surface area contributed by atoms with Gasteiger partial charge in [0.15, 0.2) is 0 Å². The number of hydrogen-bond donors (Lipinski definition) is 1. The van der Waals surface area contributed by atoms with E-state index in [-0.39, 0.29) is 0 Å². The third kappa shape index (κ3) is 4.87. The molecule has 3 nitrogen and oxygen atoms in total. The van der Waals surface area contributed by atoms with Crippen molar-refractivity contribution >= 4 is 21.8 Å². The quantitative estimate of drug-likeness (QED) is 0.617. The minimum atomic E-state index is -3.42. The first-order valence-electron chi connectivity index (χ1n) is 7.26. The molecule has 0 radical (unpaired) electrons. The molecule has 0 spiro atoms. The van der Waals surface area contributed by atoms with Crippen LogP contribution in [0.2, 0.25) is 0 Å². The lowest BCUT2D eigenvalue weighted by molar-refractivity contribution is 0.584. The molecule has 118 valence electrons. The van der Waals surface area contributed by atoms with E-state index >= 15 is 0 Å². The Hall–Kier alpha value is -1.30. The minimum Gasteiger partial charge on any atom is -0.210 e. The number of sulfonamides is 1. The molecule has 5 heteroatoms. The summed E-state index contributed by atoms with van der Waals surface area (Å²) >= 11 is 1.64. The van der Waals surface area contributed by atoms with Crippen LogP contribution in [0.1, 0.15) is 25.3 Å². The number of thioether (sulfide) groups is 1. The zero-order valence-electron chi connectivity index (χ0n) is 12.8. The summed E-state index contributed by atoms with van der Waals surface area (Å²) < 4.78 is 27.1. The van der Waals surface area contributed by atoms with Gasteiger partial charge in [-0.25, -0.2) is 13.1 Å². The lowest BCUT2D eigenvalue weighted by atomic mass is 10.0. The van der Waals surface area contributed by atoms with Crippen molar-refractivity contribution in [1.82, 2.24) is 4.72 Å². The van der Waals surface area contributed by atoms with E-state index in [2.05, 4.69) is 18.6 Å². The minimum absolute atomic E-state index is 0.321. The Morgan fingerprint density at radius 2 is 1.64 bits per heavy atom. The van der Waals surface area contributed by atoms with Gasteiger partial charge in [-0.3, -0.25) is 0 Å². The summed E-state index contributed by atoms with van der Waals surface area (Å²) in [6, 6.07) is 17.0. The zero-order valence-corrected chi connectivity index (χ0v) is 14.5. The van der Waals surface area contributed by atoms with Crippen LogP contribution in [-0.2, 0) is 10.0 Å². The number of benzene rings is 2. The Morgan fingerprint density at radius 3 is 2.23 bits per heavy atom. The smallest absolute Gasteiger partial charge is 0.210 e. The van der Waals surface area contributed by atoms with Crippen LogP contribution in [0.25, 0.3) is 0 Å². The first-order chi connectivity index (χ1) is 10.5. The average molecular weight is 335 g/mol. The number of rotatable bonds is 7. The molecule has 0 fully saturated rings. The lowest BCUT2D eigenvalue weighted by Gasteiger charge is -2.09. The van der Waals surface area contributed by atoms with Crippen molar-refractivity contribution in [1.29, 1.82) is 0 Å². The molecule has 0 unspecified atom stereocenters. The predicted molar refractivity (Wildman–Crippen MR) is 92.9 cm³/mol. The highest BCUT2D eigenvalue weighted by atomic mass is 32.2. The van der Waals surface area contributed by atoms with Gasteiger partial charge in [-0.05, 0) is 35.7 Å². The molecule has 0 atom stereocenters. The van der Waals surface area contributed by atoms with Crippen molar-refractivity contribution in [2.75, 3.05) is 12.3 Å². The van der Waals surface area contributed by atoms with Crippen LogP contribution in [-0.4, -0.2) is 20.7 Å². The molecule has 0 aliphatic carbocycles. The SMILES string of the molecule is CC(C)c1ccc(S(=O)(=O)NCCSc2ccccc2)cc1. The van der Waals surface area contributed by atoms with Gasteiger partial charge in [-0.15, -0.1) is 11.8 Å². The second-order valence-electron chi connectivity index (χ2n) is 5.28. The lowest BCUT2D eigenvalue weighted by Crippen LogP contribution is -2.26. The van der Waals surface area contributed by atoms with Gasteiger partial charge < -0.3 is 0 Å². The van der Waals surface area contributed by atoms with E-state index in [4.69, 9.17) is 0 Å². The number of hydrogen-bond acceptors (Lipinski definition) is 3. The Morgan fingerprint density at radius 1 is 1.00 bits per heavy atom. The summed E-state index contributed by atoms with van der Waals surface area (Å²) in [5, 5.41) is 0. The number of nitrogens with one attached hydrogen (secondary N) is 1. The van der Waals surface area contributed by atoms with Crippen LogP contribution in [0, 0.1) is 0 Å². The standard InChI is InChI=1S/C17H21NO2S2/c1-14(2)15-8-10-17(11-9-15)22(19,20)18-12-13-21-16-6-4-3-5-7-16/h3-11,14,18H,12-13H2,1-2H3. The van der Waals surface area contributed by atoms with Gasteiger partial charge in [0.2, 0.25) is 10.0 Å². The second kappa shape index (κ2) is 7.81. The Kier molecular flexibility index (Phi) is 6.06. The van der Waals surface area contributed by atoms with E-state index in [9.17, 15) is 8.42 Å². The molecule has 2 rings (SSSR count). The van der Waals surface area contributed by atoms with Crippen LogP contribution in [0.3, 0.4) is 0 Å². The summed E-state index contributed by atoms with van der Waals surface area (Å²) in [6.07, 6.45) is 0. The van der Waals surface area contributed by atoms with Gasteiger partial charge in [0, 0.05) is 17.2 Å². The molecule has 0 saturated heterocycles. The molecule has 2 aromatic carbocycles. The van der Waals surface area contributed by atoms with Gasteiger partial charge >= 0.3 is 0 Å². The molecule has 0 amide bonds. The third-order valence-electron chi connectivity index (χ3n) is 3.26. The molecule has 22 heavy (non-hydrogen) atoms. The van der Waals surface area contributed by atoms with E-state index in [0.29, 0.717) is 23.1 Å². The fraction of sp³-hybridized carbons (Fsp3) is 0.294. The topological polar surface area (TPSA) is 46.2 Å². The monoisotopic (exact) mass is 335 g/mol. The van der Waals surface area contributed by atoms with Gasteiger partial charge in [-0.2, -0.15) is 0 Å². The fourth-order valence-electron chi connectivity index (χ4n) is 1.98. The van der Waals surface area contributed by atoms with E-state index in [1.807, 2.05) is 42.5 Å². The second-order valence-corrected chi connectivity index (χ2v) is 8.22. The van der Waals surface area contributed by atoms with Gasteiger partial charge in [0.1, 0.15) is 0 Å². The summed E-state index contributed by atoms with van der Waals surface area (Å²) in [4.78, 5) is 1.46. The van der Waals surface area contributed by atoms with Crippen molar-refractivity contribution < 1.29 is 8.42 Å². The Bertz CT molecular complexity index is 680. The first-order valence-corrected chi connectivity index (χ1v) is 9.73. The molecule has 0 heterocycles. The van der Waals surface area contributed by atoms with Crippen molar-refractivity contribution in [3.8, 4) is 0 Å². The highest BCUT2D eigenvalue weighted by Gasteiger charge is 2.13. The Balaban J connectivity index is 1.88. The molecule has 0 aromatic heterocycles. The maximum absolute atomic E-state index is 12.2. The molecule has 0 bridgehead atoms. The van der Waals surface area contributed by atoms with E-state index in [0.717, 1.165) is 10.5 Å². The van der Waals surface area contributed by atoms with Crippen molar-refractivity contribution in [3.05, 3.63) is 60.2 Å². The highest BCUT2D eigenvalue weighted by Crippen LogP contribution is 2.18. The van der Waals surface area contributed by atoms with Crippen molar-refractivity contribution in [2.24, 2.45) is 0 Å². The molecular formula is C17H21NO2S2. The van der Waals surface area contributed by atoms with E-state index in [1.54, 1.807) is 23.9 Å². The van der Waals surface area contributed by atoms with Crippen LogP contribution >= 0.6 is 11.8 Å². The van der Waals surface area contributed by atoms with Gasteiger partial charge in [-0.1, -0.05) is 44.2 Å². The molecule has 0 aliphatic heterocycles. The molecule has 1 N–H and O–H groups in total. The fourth-order valence-corrected chi connectivity index (χ4v) is 3.93. The third-order valence-corrected chi connectivity index (χ3v) is 5.75. The van der Waals surface area contributed by atoms with Crippen LogP contribution < -0.4 is 4.72 Å². The van der Waals surface area contributed by atoms with Crippen molar-refractivity contribution in [3.63, 3.8) is 0 Å². The summed E-state index contributed by atoms with van der Waals surface area (Å²) in [7, 11) is -3.42. The maximum atomic E-state index is 12.2. The summed E-state index contributed by atoms with van der Waals surface area (Å²) in [5.74, 6) is 1.10. The normalized spacial score (nSPS) is 11.8. The zero-order chi connectivity index (χ0) is 16.0. The van der Waals surface area contributed by atoms with Gasteiger partial charge in [0.05, 0.1) is 4.90 Å². The maximum Gasteiger partial charge on any atom is 0.240 e.